The fourth-order valence-electron chi connectivity index (χ4n) is 4.44. The zero-order valence-corrected chi connectivity index (χ0v) is 18.8. The van der Waals surface area contributed by atoms with Gasteiger partial charge in [0.05, 0.1) is 5.69 Å². The Morgan fingerprint density at radius 1 is 0.500 bits per heavy atom. The monoisotopic (exact) mass is 413 g/mol. The van der Waals surface area contributed by atoms with Gasteiger partial charge in [-0.1, -0.05) is 84.4 Å². The summed E-state index contributed by atoms with van der Waals surface area (Å²) in [5, 5.41) is 2.49. The van der Waals surface area contributed by atoms with Crippen LogP contribution in [0.15, 0.2) is 109 Å². The third-order valence-electron chi connectivity index (χ3n) is 6.21. The van der Waals surface area contributed by atoms with Crippen LogP contribution in [0.1, 0.15) is 16.7 Å². The molecule has 0 fully saturated rings. The van der Waals surface area contributed by atoms with Crippen molar-refractivity contribution in [2.75, 3.05) is 4.90 Å². The van der Waals surface area contributed by atoms with Gasteiger partial charge in [-0.2, -0.15) is 0 Å². The summed E-state index contributed by atoms with van der Waals surface area (Å²) < 4.78 is 0. The first kappa shape index (κ1) is 20.1. The average Bonchev–Trinajstić information content (AvgIpc) is 2.82. The summed E-state index contributed by atoms with van der Waals surface area (Å²) in [6.45, 7) is 6.51. The molecule has 0 bridgehead atoms. The first-order valence-corrected chi connectivity index (χ1v) is 11.1. The van der Waals surface area contributed by atoms with Crippen LogP contribution >= 0.6 is 0 Å². The van der Waals surface area contributed by atoms with Gasteiger partial charge in [0.25, 0.3) is 0 Å². The minimum atomic E-state index is 1.16. The third-order valence-corrected chi connectivity index (χ3v) is 6.21. The maximum Gasteiger partial charge on any atom is 0.0540 e. The quantitative estimate of drug-likeness (QED) is 0.284. The van der Waals surface area contributed by atoms with Crippen LogP contribution in [0.25, 0.3) is 21.9 Å². The van der Waals surface area contributed by atoms with Gasteiger partial charge >= 0.3 is 0 Å². The molecule has 0 heterocycles. The number of nitrogens with zero attached hydrogens (tertiary/aromatic N) is 1. The van der Waals surface area contributed by atoms with E-state index in [-0.39, 0.29) is 0 Å². The van der Waals surface area contributed by atoms with Gasteiger partial charge in [0.15, 0.2) is 0 Å². The highest BCUT2D eigenvalue weighted by Gasteiger charge is 2.17. The maximum atomic E-state index is 2.38. The van der Waals surface area contributed by atoms with Crippen LogP contribution in [-0.2, 0) is 0 Å². The predicted molar refractivity (Wildman–Crippen MR) is 138 cm³/mol. The number of anilines is 3. The minimum Gasteiger partial charge on any atom is -0.310 e. The van der Waals surface area contributed by atoms with Crippen molar-refractivity contribution in [1.82, 2.24) is 0 Å². The molecule has 1 nitrogen and oxygen atoms in total. The molecule has 5 aromatic carbocycles. The molecule has 0 unspecified atom stereocenters. The molecule has 32 heavy (non-hydrogen) atoms. The van der Waals surface area contributed by atoms with Crippen LogP contribution in [0, 0.1) is 20.8 Å². The van der Waals surface area contributed by atoms with Gasteiger partial charge in [-0.15, -0.1) is 0 Å². The molecule has 0 N–H and O–H groups in total. The molecule has 5 rings (SSSR count). The van der Waals surface area contributed by atoms with Crippen molar-refractivity contribution in [3.8, 4) is 11.1 Å². The van der Waals surface area contributed by atoms with E-state index < -0.39 is 0 Å². The summed E-state index contributed by atoms with van der Waals surface area (Å²) in [4.78, 5) is 2.38. The van der Waals surface area contributed by atoms with Gasteiger partial charge in [-0.25, -0.2) is 0 Å². The molecule has 1 heteroatoms. The van der Waals surface area contributed by atoms with Gasteiger partial charge in [0, 0.05) is 16.8 Å². The fraction of sp³-hybridized carbons (Fsp3) is 0.0968. The van der Waals surface area contributed by atoms with E-state index in [4.69, 9.17) is 0 Å². The van der Waals surface area contributed by atoms with E-state index >= 15 is 0 Å². The van der Waals surface area contributed by atoms with Crippen molar-refractivity contribution in [3.05, 3.63) is 126 Å². The van der Waals surface area contributed by atoms with E-state index in [2.05, 4.69) is 135 Å². The van der Waals surface area contributed by atoms with Crippen molar-refractivity contribution < 1.29 is 0 Å². The van der Waals surface area contributed by atoms with E-state index in [1.807, 2.05) is 0 Å². The second-order valence-corrected chi connectivity index (χ2v) is 8.48. The number of hydrogen-bond donors (Lipinski definition) is 0. The lowest BCUT2D eigenvalue weighted by Gasteiger charge is -2.28. The summed E-state index contributed by atoms with van der Waals surface area (Å²) in [7, 11) is 0. The van der Waals surface area contributed by atoms with Crippen molar-refractivity contribution in [2.45, 2.75) is 20.8 Å². The van der Waals surface area contributed by atoms with Crippen molar-refractivity contribution in [2.24, 2.45) is 0 Å². The standard InChI is InChI=1S/C31H27N/c1-22-15-18-26(19-16-22)32(31-14-8-11-25-10-5-7-13-29(25)31)27-20-17-24(3)30(21-27)28-12-6-4-9-23(28)2/h4-21H,1-3H3. The van der Waals surface area contributed by atoms with E-state index in [0.29, 0.717) is 0 Å². The van der Waals surface area contributed by atoms with Gasteiger partial charge in [-0.3, -0.25) is 0 Å². The summed E-state index contributed by atoms with van der Waals surface area (Å²) >= 11 is 0. The van der Waals surface area contributed by atoms with E-state index in [0.717, 1.165) is 11.4 Å². The highest BCUT2D eigenvalue weighted by molar-refractivity contribution is 5.99. The molecule has 0 radical (unpaired) electrons. The number of hydrogen-bond acceptors (Lipinski definition) is 1. The first-order valence-electron chi connectivity index (χ1n) is 11.1. The molecular weight excluding hydrogens is 386 g/mol. The minimum absolute atomic E-state index is 1.16. The molecule has 0 spiro atoms. The third kappa shape index (κ3) is 3.67. The van der Waals surface area contributed by atoms with Gasteiger partial charge < -0.3 is 4.90 Å². The molecule has 0 atom stereocenters. The van der Waals surface area contributed by atoms with Gasteiger partial charge in [0.1, 0.15) is 0 Å². The SMILES string of the molecule is Cc1ccc(N(c2ccc(C)c(-c3ccccc3C)c2)c2cccc3ccccc23)cc1. The molecule has 0 amide bonds. The van der Waals surface area contributed by atoms with Crippen LogP contribution < -0.4 is 4.90 Å². The summed E-state index contributed by atoms with van der Waals surface area (Å²) in [5.74, 6) is 0. The second kappa shape index (κ2) is 8.36. The molecule has 0 saturated carbocycles. The lowest BCUT2D eigenvalue weighted by Crippen LogP contribution is -2.11. The fourth-order valence-corrected chi connectivity index (χ4v) is 4.44. The van der Waals surface area contributed by atoms with E-state index in [1.54, 1.807) is 0 Å². The Hall–Kier alpha value is -3.84. The highest BCUT2D eigenvalue weighted by atomic mass is 15.1. The largest absolute Gasteiger partial charge is 0.310 e. The molecule has 0 aliphatic rings. The van der Waals surface area contributed by atoms with Crippen molar-refractivity contribution >= 4 is 27.8 Å². The van der Waals surface area contributed by atoms with Gasteiger partial charge in [-0.05, 0) is 78.7 Å². The Bertz CT molecular complexity index is 1390. The Kier molecular flexibility index (Phi) is 5.25. The molecule has 0 aliphatic carbocycles. The zero-order chi connectivity index (χ0) is 22.1. The normalized spacial score (nSPS) is 11.0. The predicted octanol–water partition coefficient (Wildman–Crippen LogP) is 8.90. The van der Waals surface area contributed by atoms with Crippen molar-refractivity contribution in [3.63, 3.8) is 0 Å². The Labute approximate surface area is 190 Å². The first-order chi connectivity index (χ1) is 15.6. The van der Waals surface area contributed by atoms with Crippen LogP contribution in [0.2, 0.25) is 0 Å². The van der Waals surface area contributed by atoms with Crippen LogP contribution in [0.3, 0.4) is 0 Å². The summed E-state index contributed by atoms with van der Waals surface area (Å²) in [5.41, 5.74) is 9.90. The number of aryl methyl sites for hydroxylation is 3. The highest BCUT2D eigenvalue weighted by Crippen LogP contribution is 2.41. The molecule has 156 valence electrons. The molecule has 5 aromatic rings. The Morgan fingerprint density at radius 3 is 1.97 bits per heavy atom. The number of benzene rings is 5. The summed E-state index contributed by atoms with van der Waals surface area (Å²) in [6.07, 6.45) is 0. The average molecular weight is 414 g/mol. The molecule has 0 aliphatic heterocycles. The molecule has 0 aromatic heterocycles. The topological polar surface area (TPSA) is 3.24 Å². The zero-order valence-electron chi connectivity index (χ0n) is 18.8. The van der Waals surface area contributed by atoms with Crippen LogP contribution in [0.5, 0.6) is 0 Å². The molecular formula is C31H27N. The Morgan fingerprint density at radius 2 is 1.16 bits per heavy atom. The lowest BCUT2D eigenvalue weighted by atomic mass is 9.95. The van der Waals surface area contributed by atoms with E-state index in [1.165, 1.54) is 44.3 Å². The number of rotatable bonds is 4. The summed E-state index contributed by atoms with van der Waals surface area (Å²) in [6, 6.07) is 39.4. The Balaban J connectivity index is 1.76. The molecule has 0 saturated heterocycles. The van der Waals surface area contributed by atoms with Gasteiger partial charge in [0.2, 0.25) is 0 Å². The lowest BCUT2D eigenvalue weighted by molar-refractivity contribution is 1.28. The van der Waals surface area contributed by atoms with Crippen LogP contribution in [0.4, 0.5) is 17.1 Å². The maximum absolute atomic E-state index is 2.38. The van der Waals surface area contributed by atoms with Crippen LogP contribution in [-0.4, -0.2) is 0 Å². The number of fused-ring (bicyclic) bond motifs is 1. The van der Waals surface area contributed by atoms with Crippen molar-refractivity contribution in [1.29, 1.82) is 0 Å². The smallest absolute Gasteiger partial charge is 0.0540 e. The second-order valence-electron chi connectivity index (χ2n) is 8.48. The van der Waals surface area contributed by atoms with E-state index in [9.17, 15) is 0 Å².